The average molecular weight is 268 g/mol. The van der Waals surface area contributed by atoms with Crippen molar-refractivity contribution in [2.24, 2.45) is 5.73 Å². The summed E-state index contributed by atoms with van der Waals surface area (Å²) < 4.78 is 0. The zero-order valence-electron chi connectivity index (χ0n) is 12.5. The van der Waals surface area contributed by atoms with E-state index in [0.717, 1.165) is 32.7 Å². The summed E-state index contributed by atoms with van der Waals surface area (Å²) in [5.74, 6) is -0.231. The lowest BCUT2D eigenvalue weighted by Gasteiger charge is -2.40. The molecule has 2 rings (SSSR count). The SMILES string of the molecule is CC(C)N1CCN(CC(C)(NC2CC2)C(N)=O)CC1. The molecule has 0 aromatic rings. The van der Waals surface area contributed by atoms with E-state index in [-0.39, 0.29) is 5.91 Å². The van der Waals surface area contributed by atoms with Crippen molar-refractivity contribution in [2.75, 3.05) is 32.7 Å². The molecule has 0 aromatic heterocycles. The van der Waals surface area contributed by atoms with Crippen LogP contribution in [0.2, 0.25) is 0 Å². The fraction of sp³-hybridized carbons (Fsp3) is 0.929. The van der Waals surface area contributed by atoms with Gasteiger partial charge in [-0.1, -0.05) is 0 Å². The predicted molar refractivity (Wildman–Crippen MR) is 76.9 cm³/mol. The van der Waals surface area contributed by atoms with Gasteiger partial charge in [0.15, 0.2) is 0 Å². The van der Waals surface area contributed by atoms with Gasteiger partial charge in [-0.05, 0) is 33.6 Å². The van der Waals surface area contributed by atoms with Crippen LogP contribution in [0.3, 0.4) is 0 Å². The predicted octanol–water partition coefficient (Wildman–Crippen LogP) is 0.00840. The Kier molecular flexibility index (Phi) is 4.48. The summed E-state index contributed by atoms with van der Waals surface area (Å²) in [4.78, 5) is 16.6. The Bertz CT molecular complexity index is 321. The van der Waals surface area contributed by atoms with Crippen LogP contribution in [0, 0.1) is 0 Å². The number of amides is 1. The third-order valence-corrected chi connectivity index (χ3v) is 4.32. The lowest BCUT2D eigenvalue weighted by atomic mass is 10.00. The van der Waals surface area contributed by atoms with E-state index in [1.54, 1.807) is 0 Å². The molecule has 1 atom stereocenters. The Morgan fingerprint density at radius 1 is 1.32 bits per heavy atom. The summed E-state index contributed by atoms with van der Waals surface area (Å²) in [5, 5.41) is 3.42. The Morgan fingerprint density at radius 3 is 2.32 bits per heavy atom. The van der Waals surface area contributed by atoms with Gasteiger partial charge in [0, 0.05) is 44.8 Å². The Hall–Kier alpha value is -0.650. The van der Waals surface area contributed by atoms with Crippen molar-refractivity contribution in [2.45, 2.75) is 51.2 Å². The molecule has 5 heteroatoms. The summed E-state index contributed by atoms with van der Waals surface area (Å²) in [5.41, 5.74) is 5.02. The molecule has 1 unspecified atom stereocenters. The maximum absolute atomic E-state index is 11.8. The van der Waals surface area contributed by atoms with Crippen molar-refractivity contribution in [1.29, 1.82) is 0 Å². The molecule has 2 fully saturated rings. The number of nitrogens with zero attached hydrogens (tertiary/aromatic N) is 2. The number of hydrogen-bond acceptors (Lipinski definition) is 4. The van der Waals surface area contributed by atoms with Crippen molar-refractivity contribution >= 4 is 5.91 Å². The Morgan fingerprint density at radius 2 is 1.89 bits per heavy atom. The zero-order chi connectivity index (χ0) is 14.0. The van der Waals surface area contributed by atoms with Crippen LogP contribution in [0.15, 0.2) is 0 Å². The lowest BCUT2D eigenvalue weighted by Crippen LogP contribution is -2.62. The minimum atomic E-state index is -0.582. The zero-order valence-corrected chi connectivity index (χ0v) is 12.5. The Labute approximate surface area is 116 Å². The third kappa shape index (κ3) is 3.91. The van der Waals surface area contributed by atoms with Gasteiger partial charge >= 0.3 is 0 Å². The number of rotatable bonds is 6. The van der Waals surface area contributed by atoms with Crippen molar-refractivity contribution in [3.63, 3.8) is 0 Å². The molecule has 1 aliphatic heterocycles. The highest BCUT2D eigenvalue weighted by Crippen LogP contribution is 2.23. The molecule has 0 radical (unpaired) electrons. The molecule has 1 aliphatic carbocycles. The molecule has 1 heterocycles. The molecule has 110 valence electrons. The van der Waals surface area contributed by atoms with Crippen LogP contribution in [0.5, 0.6) is 0 Å². The van der Waals surface area contributed by atoms with Gasteiger partial charge in [0.05, 0.1) is 0 Å². The summed E-state index contributed by atoms with van der Waals surface area (Å²) in [6.45, 7) is 11.3. The highest BCUT2D eigenvalue weighted by Gasteiger charge is 2.38. The number of carbonyl (C=O) groups is 1. The molecule has 1 amide bonds. The van der Waals surface area contributed by atoms with Crippen LogP contribution in [-0.4, -0.2) is 66.1 Å². The molecule has 0 aromatic carbocycles. The number of carbonyl (C=O) groups excluding carboxylic acids is 1. The van der Waals surface area contributed by atoms with Crippen LogP contribution < -0.4 is 11.1 Å². The first-order chi connectivity index (χ1) is 8.90. The van der Waals surface area contributed by atoms with Gasteiger partial charge in [-0.25, -0.2) is 0 Å². The first-order valence-electron chi connectivity index (χ1n) is 7.45. The van der Waals surface area contributed by atoms with Crippen LogP contribution in [-0.2, 0) is 4.79 Å². The van der Waals surface area contributed by atoms with Crippen LogP contribution in [0.1, 0.15) is 33.6 Å². The normalized spacial score (nSPS) is 25.5. The molecule has 1 saturated carbocycles. The maximum atomic E-state index is 11.8. The molecular weight excluding hydrogens is 240 g/mol. The summed E-state index contributed by atoms with van der Waals surface area (Å²) in [6.07, 6.45) is 2.34. The molecule has 5 nitrogen and oxygen atoms in total. The molecule has 3 N–H and O–H groups in total. The van der Waals surface area contributed by atoms with Gasteiger partial charge in [0.1, 0.15) is 5.54 Å². The van der Waals surface area contributed by atoms with Gasteiger partial charge < -0.3 is 5.73 Å². The third-order valence-electron chi connectivity index (χ3n) is 4.32. The highest BCUT2D eigenvalue weighted by molar-refractivity contribution is 5.84. The van der Waals surface area contributed by atoms with Gasteiger partial charge in [0.25, 0.3) is 0 Å². The summed E-state index contributed by atoms with van der Waals surface area (Å²) in [7, 11) is 0. The fourth-order valence-electron chi connectivity index (χ4n) is 2.76. The lowest BCUT2D eigenvalue weighted by molar-refractivity contribution is -0.125. The monoisotopic (exact) mass is 268 g/mol. The molecule has 19 heavy (non-hydrogen) atoms. The van der Waals surface area contributed by atoms with Gasteiger partial charge in [-0.3, -0.25) is 19.9 Å². The van der Waals surface area contributed by atoms with E-state index >= 15 is 0 Å². The second kappa shape index (κ2) is 5.77. The second-order valence-corrected chi connectivity index (χ2v) is 6.52. The number of hydrogen-bond donors (Lipinski definition) is 2. The molecule has 2 aliphatic rings. The maximum Gasteiger partial charge on any atom is 0.238 e. The van der Waals surface area contributed by atoms with E-state index in [9.17, 15) is 4.79 Å². The van der Waals surface area contributed by atoms with Gasteiger partial charge in [0.2, 0.25) is 5.91 Å². The number of piperazine rings is 1. The smallest absolute Gasteiger partial charge is 0.238 e. The first-order valence-corrected chi connectivity index (χ1v) is 7.45. The van der Waals surface area contributed by atoms with E-state index in [2.05, 4.69) is 29.0 Å². The van der Waals surface area contributed by atoms with Gasteiger partial charge in [-0.15, -0.1) is 0 Å². The number of nitrogens with two attached hydrogens (primary N) is 1. The minimum absolute atomic E-state index is 0.231. The minimum Gasteiger partial charge on any atom is -0.368 e. The molecule has 0 bridgehead atoms. The highest BCUT2D eigenvalue weighted by atomic mass is 16.1. The first kappa shape index (κ1) is 14.8. The average Bonchev–Trinajstić information content (AvgIpc) is 3.13. The quantitative estimate of drug-likeness (QED) is 0.712. The number of nitrogens with one attached hydrogen (secondary N) is 1. The van der Waals surface area contributed by atoms with Crippen LogP contribution >= 0.6 is 0 Å². The van der Waals surface area contributed by atoms with E-state index in [1.165, 1.54) is 12.8 Å². The Balaban J connectivity index is 1.86. The van der Waals surface area contributed by atoms with Crippen molar-refractivity contribution in [3.05, 3.63) is 0 Å². The summed E-state index contributed by atoms with van der Waals surface area (Å²) in [6, 6.07) is 1.10. The summed E-state index contributed by atoms with van der Waals surface area (Å²) >= 11 is 0. The van der Waals surface area contributed by atoms with Crippen molar-refractivity contribution < 1.29 is 4.79 Å². The second-order valence-electron chi connectivity index (χ2n) is 6.52. The van der Waals surface area contributed by atoms with Gasteiger partial charge in [-0.2, -0.15) is 0 Å². The van der Waals surface area contributed by atoms with E-state index in [4.69, 9.17) is 5.73 Å². The van der Waals surface area contributed by atoms with E-state index in [1.807, 2.05) is 6.92 Å². The van der Waals surface area contributed by atoms with E-state index in [0.29, 0.717) is 12.1 Å². The van der Waals surface area contributed by atoms with Crippen molar-refractivity contribution in [1.82, 2.24) is 15.1 Å². The molecule has 0 spiro atoms. The van der Waals surface area contributed by atoms with E-state index < -0.39 is 5.54 Å². The molecular formula is C14H28N4O. The standard InChI is InChI=1S/C14H28N4O/c1-11(2)18-8-6-17(7-9-18)10-14(3,13(15)19)16-12-4-5-12/h11-12,16H,4-10H2,1-3H3,(H2,15,19). The largest absolute Gasteiger partial charge is 0.368 e. The molecule has 1 saturated heterocycles. The van der Waals surface area contributed by atoms with Crippen LogP contribution in [0.4, 0.5) is 0 Å². The van der Waals surface area contributed by atoms with Crippen LogP contribution in [0.25, 0.3) is 0 Å². The topological polar surface area (TPSA) is 61.6 Å². The fourth-order valence-corrected chi connectivity index (χ4v) is 2.76. The number of primary amides is 1. The van der Waals surface area contributed by atoms with Crippen molar-refractivity contribution in [3.8, 4) is 0 Å².